The number of thiazole rings is 1. The molecule has 2 aromatic heterocycles. The van der Waals surface area contributed by atoms with Gasteiger partial charge in [0.25, 0.3) is 0 Å². The number of nitrogens with two attached hydrogens (primary N) is 1. The zero-order valence-corrected chi connectivity index (χ0v) is 10.2. The molecule has 3 N–H and O–H groups in total. The van der Waals surface area contributed by atoms with E-state index in [4.69, 9.17) is 5.84 Å². The Morgan fingerprint density at radius 1 is 1.62 bits per heavy atom. The van der Waals surface area contributed by atoms with Gasteiger partial charge >= 0.3 is 0 Å². The maximum absolute atomic E-state index is 5.60. The van der Waals surface area contributed by atoms with Gasteiger partial charge in [-0.25, -0.2) is 0 Å². The van der Waals surface area contributed by atoms with Crippen LogP contribution in [0.2, 0.25) is 0 Å². The summed E-state index contributed by atoms with van der Waals surface area (Å²) in [6, 6.07) is 0.0918. The molecule has 2 rings (SSSR count). The lowest BCUT2D eigenvalue weighted by Crippen LogP contribution is -2.29. The van der Waals surface area contributed by atoms with Crippen molar-refractivity contribution in [3.63, 3.8) is 0 Å². The third-order valence-electron chi connectivity index (χ3n) is 2.52. The molecule has 1 atom stereocenters. The van der Waals surface area contributed by atoms with Crippen LogP contribution in [0.5, 0.6) is 0 Å². The first-order valence-corrected chi connectivity index (χ1v) is 5.92. The van der Waals surface area contributed by atoms with Gasteiger partial charge in [0.15, 0.2) is 0 Å². The number of hydrogen-bond donors (Lipinski definition) is 2. The largest absolute Gasteiger partial charge is 0.275 e. The molecule has 0 aliphatic carbocycles. The Kier molecular flexibility index (Phi) is 3.33. The van der Waals surface area contributed by atoms with E-state index in [1.54, 1.807) is 11.3 Å². The topological polar surface area (TPSA) is 68.8 Å². The molecule has 0 aliphatic heterocycles. The molecule has 5 nitrogen and oxygen atoms in total. The molecular weight excluding hydrogens is 222 g/mol. The lowest BCUT2D eigenvalue weighted by atomic mass is 10.1. The van der Waals surface area contributed by atoms with E-state index < -0.39 is 0 Å². The van der Waals surface area contributed by atoms with Crippen LogP contribution in [0.4, 0.5) is 0 Å². The fraction of sp³-hybridized carbons (Fsp3) is 0.400. The molecule has 1 unspecified atom stereocenters. The normalized spacial score (nSPS) is 12.9. The number of hydrogen-bond acceptors (Lipinski definition) is 5. The van der Waals surface area contributed by atoms with Crippen LogP contribution in [0, 0.1) is 6.92 Å². The summed E-state index contributed by atoms with van der Waals surface area (Å²) >= 11 is 1.64. The zero-order chi connectivity index (χ0) is 11.5. The quantitative estimate of drug-likeness (QED) is 0.613. The highest BCUT2D eigenvalue weighted by Gasteiger charge is 2.16. The Labute approximate surface area is 98.3 Å². The van der Waals surface area contributed by atoms with Crippen molar-refractivity contribution < 1.29 is 0 Å². The summed E-state index contributed by atoms with van der Waals surface area (Å²) in [5.74, 6) is 5.60. The van der Waals surface area contributed by atoms with Gasteiger partial charge in [-0.3, -0.25) is 20.9 Å². The van der Waals surface area contributed by atoms with Gasteiger partial charge in [-0.1, -0.05) is 0 Å². The molecule has 16 heavy (non-hydrogen) atoms. The maximum atomic E-state index is 5.60. The van der Waals surface area contributed by atoms with Crippen LogP contribution < -0.4 is 11.3 Å². The standard InChI is InChI=1S/C10H15N5S/c1-7-9(5-15(2)14-7)10(13-11)3-8-4-12-6-16-8/h4-6,10,13H,3,11H2,1-2H3. The van der Waals surface area contributed by atoms with E-state index in [1.165, 1.54) is 4.88 Å². The summed E-state index contributed by atoms with van der Waals surface area (Å²) < 4.78 is 1.81. The molecule has 0 amide bonds. The van der Waals surface area contributed by atoms with E-state index in [9.17, 15) is 0 Å². The Bertz CT molecular complexity index is 448. The van der Waals surface area contributed by atoms with Crippen molar-refractivity contribution in [3.05, 3.63) is 34.0 Å². The van der Waals surface area contributed by atoms with Gasteiger partial charge in [0.2, 0.25) is 0 Å². The van der Waals surface area contributed by atoms with Gasteiger partial charge in [0, 0.05) is 36.3 Å². The highest BCUT2D eigenvalue weighted by molar-refractivity contribution is 7.09. The van der Waals surface area contributed by atoms with E-state index in [-0.39, 0.29) is 6.04 Å². The van der Waals surface area contributed by atoms with Gasteiger partial charge in [0.1, 0.15) is 0 Å². The van der Waals surface area contributed by atoms with Crippen molar-refractivity contribution in [3.8, 4) is 0 Å². The minimum Gasteiger partial charge on any atom is -0.275 e. The summed E-state index contributed by atoms with van der Waals surface area (Å²) in [5, 5.41) is 4.32. The molecular formula is C10H15N5S. The van der Waals surface area contributed by atoms with Crippen LogP contribution in [0.1, 0.15) is 22.2 Å². The Hall–Kier alpha value is -1.24. The molecule has 0 bridgehead atoms. The summed E-state index contributed by atoms with van der Waals surface area (Å²) in [4.78, 5) is 5.27. The van der Waals surface area contributed by atoms with Gasteiger partial charge in [-0.05, 0) is 6.92 Å². The van der Waals surface area contributed by atoms with Crippen LogP contribution in [-0.2, 0) is 13.5 Å². The highest BCUT2D eigenvalue weighted by atomic mass is 32.1. The number of aryl methyl sites for hydroxylation is 2. The van der Waals surface area contributed by atoms with Crippen LogP contribution in [-0.4, -0.2) is 14.8 Å². The van der Waals surface area contributed by atoms with E-state index in [0.29, 0.717) is 0 Å². The average Bonchev–Trinajstić information content (AvgIpc) is 2.85. The second-order valence-corrected chi connectivity index (χ2v) is 4.71. The molecule has 2 heterocycles. The zero-order valence-electron chi connectivity index (χ0n) is 9.34. The smallest absolute Gasteiger partial charge is 0.0794 e. The first-order valence-electron chi connectivity index (χ1n) is 5.04. The van der Waals surface area contributed by atoms with Crippen molar-refractivity contribution in [1.29, 1.82) is 0 Å². The minimum absolute atomic E-state index is 0.0918. The monoisotopic (exact) mass is 237 g/mol. The molecule has 6 heteroatoms. The summed E-state index contributed by atoms with van der Waals surface area (Å²) in [5.41, 5.74) is 6.82. The van der Waals surface area contributed by atoms with Crippen LogP contribution >= 0.6 is 11.3 Å². The first-order chi connectivity index (χ1) is 7.70. The maximum Gasteiger partial charge on any atom is 0.0794 e. The fourth-order valence-corrected chi connectivity index (χ4v) is 2.40. The fourth-order valence-electron chi connectivity index (χ4n) is 1.76. The van der Waals surface area contributed by atoms with Crippen LogP contribution in [0.25, 0.3) is 0 Å². The Morgan fingerprint density at radius 2 is 2.44 bits per heavy atom. The SMILES string of the molecule is Cc1nn(C)cc1C(Cc1cncs1)NN. The molecule has 86 valence electrons. The van der Waals surface area contributed by atoms with Crippen LogP contribution in [0.15, 0.2) is 17.9 Å². The minimum atomic E-state index is 0.0918. The van der Waals surface area contributed by atoms with Crippen molar-refractivity contribution in [2.24, 2.45) is 12.9 Å². The molecule has 0 radical (unpaired) electrons. The third kappa shape index (κ3) is 2.29. The number of nitrogens with one attached hydrogen (secondary N) is 1. The second-order valence-electron chi connectivity index (χ2n) is 3.73. The van der Waals surface area contributed by atoms with Crippen molar-refractivity contribution in [2.75, 3.05) is 0 Å². The van der Waals surface area contributed by atoms with E-state index in [2.05, 4.69) is 15.5 Å². The molecule has 0 aromatic carbocycles. The molecule has 0 spiro atoms. The molecule has 0 fully saturated rings. The number of hydrazine groups is 1. The van der Waals surface area contributed by atoms with Gasteiger partial charge < -0.3 is 0 Å². The molecule has 0 saturated carbocycles. The number of rotatable bonds is 4. The average molecular weight is 237 g/mol. The van der Waals surface area contributed by atoms with Gasteiger partial charge in [-0.15, -0.1) is 11.3 Å². The third-order valence-corrected chi connectivity index (χ3v) is 3.32. The molecule has 0 aliphatic rings. The summed E-state index contributed by atoms with van der Waals surface area (Å²) in [7, 11) is 1.91. The number of aromatic nitrogens is 3. The Balaban J connectivity index is 2.19. The Morgan fingerprint density at radius 3 is 2.94 bits per heavy atom. The van der Waals surface area contributed by atoms with Gasteiger partial charge in [-0.2, -0.15) is 5.10 Å². The van der Waals surface area contributed by atoms with Crippen LogP contribution in [0.3, 0.4) is 0 Å². The van der Waals surface area contributed by atoms with Crippen molar-refractivity contribution >= 4 is 11.3 Å². The molecule has 2 aromatic rings. The highest BCUT2D eigenvalue weighted by Crippen LogP contribution is 2.21. The second kappa shape index (κ2) is 4.73. The lowest BCUT2D eigenvalue weighted by molar-refractivity contribution is 0.552. The van der Waals surface area contributed by atoms with Crippen molar-refractivity contribution in [1.82, 2.24) is 20.2 Å². The first kappa shape index (κ1) is 11.3. The predicted octanol–water partition coefficient (Wildman–Crippen LogP) is 0.932. The summed E-state index contributed by atoms with van der Waals surface area (Å²) in [6.45, 7) is 1.99. The predicted molar refractivity (Wildman–Crippen MR) is 63.8 cm³/mol. The van der Waals surface area contributed by atoms with E-state index in [1.807, 2.05) is 36.6 Å². The molecule has 0 saturated heterocycles. The van der Waals surface area contributed by atoms with E-state index >= 15 is 0 Å². The van der Waals surface area contributed by atoms with Gasteiger partial charge in [0.05, 0.1) is 17.2 Å². The number of nitrogens with zero attached hydrogens (tertiary/aromatic N) is 3. The lowest BCUT2D eigenvalue weighted by Gasteiger charge is -2.13. The van der Waals surface area contributed by atoms with Crippen molar-refractivity contribution in [2.45, 2.75) is 19.4 Å². The van der Waals surface area contributed by atoms with E-state index in [0.717, 1.165) is 17.7 Å². The summed E-state index contributed by atoms with van der Waals surface area (Å²) in [6.07, 6.45) is 4.72.